The maximum absolute atomic E-state index is 11.6. The topological polar surface area (TPSA) is 72.8 Å². The minimum absolute atomic E-state index is 0.283. The minimum atomic E-state index is -0.382. The van der Waals surface area contributed by atoms with Crippen LogP contribution in [0.1, 0.15) is 19.4 Å². The second kappa shape index (κ2) is 3.68. The molecule has 0 saturated heterocycles. The van der Waals surface area contributed by atoms with Crippen LogP contribution < -0.4 is 10.4 Å². The van der Waals surface area contributed by atoms with Gasteiger partial charge in [-0.05, 0) is 36.4 Å². The van der Waals surface area contributed by atoms with Crippen molar-refractivity contribution in [1.82, 2.24) is 20.2 Å². The molecule has 2 aromatic rings. The number of tetrazole rings is 1. The van der Waals surface area contributed by atoms with E-state index in [9.17, 15) is 4.79 Å². The third-order valence-corrected chi connectivity index (χ3v) is 3.61. The van der Waals surface area contributed by atoms with Crippen LogP contribution >= 0.6 is 15.9 Å². The Morgan fingerprint density at radius 1 is 1.50 bits per heavy atom. The standard InChI is InChI=1S/C11H11BrN4O2/c1-11(2)5-6-7(12)3-4-8(9(6)18-11)16-10(17)13-14-15-16/h3-4H,5H2,1-2H3,(H,13,15,17). The number of H-pyrrole nitrogens is 1. The lowest BCUT2D eigenvalue weighted by Gasteiger charge is -2.17. The number of benzene rings is 1. The summed E-state index contributed by atoms with van der Waals surface area (Å²) in [5.74, 6) is 0.686. The fraction of sp³-hybridized carbons (Fsp3) is 0.364. The van der Waals surface area contributed by atoms with E-state index in [-0.39, 0.29) is 11.3 Å². The van der Waals surface area contributed by atoms with Crippen LogP contribution in [0.4, 0.5) is 0 Å². The molecule has 3 rings (SSSR count). The second-order valence-corrected chi connectivity index (χ2v) is 5.69. The molecule has 0 unspecified atom stereocenters. The zero-order valence-corrected chi connectivity index (χ0v) is 11.5. The number of nitrogens with zero attached hydrogens (tertiary/aromatic N) is 3. The molecule has 18 heavy (non-hydrogen) atoms. The monoisotopic (exact) mass is 310 g/mol. The number of aromatic amines is 1. The van der Waals surface area contributed by atoms with Gasteiger partial charge in [0.2, 0.25) is 0 Å². The highest BCUT2D eigenvalue weighted by Gasteiger charge is 2.34. The highest BCUT2D eigenvalue weighted by molar-refractivity contribution is 9.10. The van der Waals surface area contributed by atoms with Gasteiger partial charge in [0.15, 0.2) is 5.75 Å². The first-order valence-corrected chi connectivity index (χ1v) is 6.28. The summed E-state index contributed by atoms with van der Waals surface area (Å²) in [6, 6.07) is 3.67. The minimum Gasteiger partial charge on any atom is -0.485 e. The number of hydrogen-bond donors (Lipinski definition) is 1. The fourth-order valence-electron chi connectivity index (χ4n) is 2.13. The second-order valence-electron chi connectivity index (χ2n) is 4.83. The predicted molar refractivity (Wildman–Crippen MR) is 68.1 cm³/mol. The van der Waals surface area contributed by atoms with Gasteiger partial charge < -0.3 is 4.74 Å². The first-order chi connectivity index (χ1) is 8.48. The maximum Gasteiger partial charge on any atom is 0.365 e. The highest BCUT2D eigenvalue weighted by Crippen LogP contribution is 2.42. The highest BCUT2D eigenvalue weighted by atomic mass is 79.9. The molecule has 0 radical (unpaired) electrons. The van der Waals surface area contributed by atoms with Crippen LogP contribution in [0.2, 0.25) is 0 Å². The van der Waals surface area contributed by atoms with Gasteiger partial charge in [0, 0.05) is 16.5 Å². The van der Waals surface area contributed by atoms with Crippen LogP contribution in [0.5, 0.6) is 5.75 Å². The summed E-state index contributed by atoms with van der Waals surface area (Å²) < 4.78 is 8.09. The molecule has 0 fully saturated rings. The van der Waals surface area contributed by atoms with Gasteiger partial charge in [-0.15, -0.1) is 0 Å². The van der Waals surface area contributed by atoms with Crippen molar-refractivity contribution < 1.29 is 4.74 Å². The molecule has 1 aliphatic heterocycles. The molecule has 0 atom stereocenters. The van der Waals surface area contributed by atoms with Crippen molar-refractivity contribution in [3.05, 3.63) is 32.7 Å². The molecule has 0 saturated carbocycles. The van der Waals surface area contributed by atoms with Crippen molar-refractivity contribution in [3.8, 4) is 11.4 Å². The van der Waals surface area contributed by atoms with Gasteiger partial charge in [0.25, 0.3) is 0 Å². The molecular formula is C11H11BrN4O2. The number of halogens is 1. The summed E-state index contributed by atoms with van der Waals surface area (Å²) in [7, 11) is 0. The van der Waals surface area contributed by atoms with E-state index in [1.807, 2.05) is 19.9 Å². The summed E-state index contributed by atoms with van der Waals surface area (Å²) in [5, 5.41) is 9.51. The van der Waals surface area contributed by atoms with Gasteiger partial charge >= 0.3 is 5.69 Å². The molecule has 7 heteroatoms. The quantitative estimate of drug-likeness (QED) is 0.865. The normalized spacial score (nSPS) is 16.4. The lowest BCUT2D eigenvalue weighted by atomic mass is 10.0. The molecule has 1 N–H and O–H groups in total. The number of hydrogen-bond acceptors (Lipinski definition) is 4. The fourth-order valence-corrected chi connectivity index (χ4v) is 2.58. The first-order valence-electron chi connectivity index (χ1n) is 5.49. The molecule has 2 heterocycles. The largest absolute Gasteiger partial charge is 0.485 e. The molecule has 1 aliphatic rings. The van der Waals surface area contributed by atoms with E-state index in [1.165, 1.54) is 4.68 Å². The number of aromatic nitrogens is 4. The van der Waals surface area contributed by atoms with Crippen LogP contribution in [-0.2, 0) is 6.42 Å². The lowest BCUT2D eigenvalue weighted by molar-refractivity contribution is 0.138. The van der Waals surface area contributed by atoms with Crippen molar-refractivity contribution >= 4 is 15.9 Å². The number of fused-ring (bicyclic) bond motifs is 1. The van der Waals surface area contributed by atoms with Crippen molar-refractivity contribution in [2.75, 3.05) is 0 Å². The summed E-state index contributed by atoms with van der Waals surface area (Å²) >= 11 is 3.50. The van der Waals surface area contributed by atoms with Crippen molar-refractivity contribution in [2.45, 2.75) is 25.9 Å². The Morgan fingerprint density at radius 3 is 2.94 bits per heavy atom. The number of nitrogens with one attached hydrogen (secondary N) is 1. The number of ether oxygens (including phenoxy) is 1. The van der Waals surface area contributed by atoms with E-state index < -0.39 is 0 Å². The summed E-state index contributed by atoms with van der Waals surface area (Å²) in [4.78, 5) is 11.6. The Balaban J connectivity index is 2.24. The Bertz CT molecular complexity index is 674. The van der Waals surface area contributed by atoms with Crippen molar-refractivity contribution in [3.63, 3.8) is 0 Å². The number of rotatable bonds is 1. The van der Waals surface area contributed by atoms with Gasteiger partial charge in [-0.25, -0.2) is 9.89 Å². The van der Waals surface area contributed by atoms with Gasteiger partial charge in [-0.3, -0.25) is 0 Å². The zero-order chi connectivity index (χ0) is 12.9. The Hall–Kier alpha value is -1.63. The molecule has 0 aliphatic carbocycles. The van der Waals surface area contributed by atoms with Gasteiger partial charge in [-0.2, -0.15) is 4.68 Å². The molecule has 0 spiro atoms. The Morgan fingerprint density at radius 2 is 2.28 bits per heavy atom. The first kappa shape index (κ1) is 11.5. The molecule has 94 valence electrons. The zero-order valence-electron chi connectivity index (χ0n) is 9.90. The Labute approximate surface area is 111 Å². The summed E-state index contributed by atoms with van der Waals surface area (Å²) in [6.07, 6.45) is 0.781. The summed E-state index contributed by atoms with van der Waals surface area (Å²) in [5.41, 5.74) is 0.992. The lowest BCUT2D eigenvalue weighted by Crippen LogP contribution is -2.25. The van der Waals surface area contributed by atoms with Crippen LogP contribution in [-0.4, -0.2) is 25.8 Å². The SMILES string of the molecule is CC1(C)Cc2c(Br)ccc(-n3nn[nH]c3=O)c2O1. The van der Waals surface area contributed by atoms with E-state index in [2.05, 4.69) is 31.5 Å². The predicted octanol–water partition coefficient (Wildman–Crippen LogP) is 1.43. The van der Waals surface area contributed by atoms with Crippen molar-refractivity contribution in [1.29, 1.82) is 0 Å². The maximum atomic E-state index is 11.6. The average molecular weight is 311 g/mol. The van der Waals surface area contributed by atoms with Crippen LogP contribution in [0, 0.1) is 0 Å². The third-order valence-electron chi connectivity index (χ3n) is 2.86. The smallest absolute Gasteiger partial charge is 0.365 e. The van der Waals surface area contributed by atoms with Gasteiger partial charge in [0.1, 0.15) is 11.3 Å². The van der Waals surface area contributed by atoms with E-state index >= 15 is 0 Å². The molecule has 1 aromatic carbocycles. The molecule has 1 aromatic heterocycles. The van der Waals surface area contributed by atoms with Crippen molar-refractivity contribution in [2.24, 2.45) is 0 Å². The Kier molecular flexibility index (Phi) is 2.34. The van der Waals surface area contributed by atoms with E-state index in [0.29, 0.717) is 11.4 Å². The molecule has 6 nitrogen and oxygen atoms in total. The van der Waals surface area contributed by atoms with Crippen LogP contribution in [0.25, 0.3) is 5.69 Å². The third kappa shape index (κ3) is 1.66. The summed E-state index contributed by atoms with van der Waals surface area (Å²) in [6.45, 7) is 4.02. The molecular weight excluding hydrogens is 300 g/mol. The molecule has 0 bridgehead atoms. The van der Waals surface area contributed by atoms with E-state index in [4.69, 9.17) is 4.74 Å². The van der Waals surface area contributed by atoms with E-state index in [1.54, 1.807) is 6.07 Å². The van der Waals surface area contributed by atoms with Gasteiger partial charge in [0.05, 0.1) is 0 Å². The van der Waals surface area contributed by atoms with Gasteiger partial charge in [-0.1, -0.05) is 15.9 Å². The van der Waals surface area contributed by atoms with Crippen LogP contribution in [0.15, 0.2) is 21.4 Å². The van der Waals surface area contributed by atoms with Crippen LogP contribution in [0.3, 0.4) is 0 Å². The average Bonchev–Trinajstić information content (AvgIpc) is 2.83. The van der Waals surface area contributed by atoms with E-state index in [0.717, 1.165) is 16.5 Å². The molecule has 0 amide bonds.